The van der Waals surface area contributed by atoms with Crippen LogP contribution in [0.2, 0.25) is 10.0 Å². The van der Waals surface area contributed by atoms with E-state index in [1.807, 2.05) is 60.8 Å². The van der Waals surface area contributed by atoms with Crippen LogP contribution in [0.15, 0.2) is 65.6 Å². The zero-order chi connectivity index (χ0) is 34.1. The number of rotatable bonds is 10. The van der Waals surface area contributed by atoms with Crippen molar-refractivity contribution in [2.24, 2.45) is 7.05 Å². The summed E-state index contributed by atoms with van der Waals surface area (Å²) < 4.78 is 14.4. The number of hydrogen-bond donors (Lipinski definition) is 2. The molecule has 1 atom stereocenters. The molecule has 13 heteroatoms. The quantitative estimate of drug-likeness (QED) is 0.210. The monoisotopic (exact) mass is 701 g/mol. The van der Waals surface area contributed by atoms with Crippen LogP contribution in [0.4, 0.5) is 0 Å². The van der Waals surface area contributed by atoms with Crippen molar-refractivity contribution in [1.82, 2.24) is 34.7 Å². The lowest BCUT2D eigenvalue weighted by Crippen LogP contribution is -2.38. The third kappa shape index (κ3) is 6.82. The maximum absolute atomic E-state index is 13.4. The molecule has 11 nitrogen and oxygen atoms in total. The van der Waals surface area contributed by atoms with Gasteiger partial charge in [0.1, 0.15) is 11.3 Å². The van der Waals surface area contributed by atoms with Crippen molar-refractivity contribution in [1.29, 1.82) is 0 Å². The van der Waals surface area contributed by atoms with Crippen molar-refractivity contribution in [2.45, 2.75) is 32.0 Å². The zero-order valence-electron chi connectivity index (χ0n) is 27.3. The summed E-state index contributed by atoms with van der Waals surface area (Å²) in [6.45, 7) is 4.72. The Morgan fingerprint density at radius 2 is 1.71 bits per heavy atom. The Bertz CT molecular complexity index is 2090. The number of nitrogens with one attached hydrogen (secondary N) is 2. The maximum atomic E-state index is 13.4. The van der Waals surface area contributed by atoms with E-state index >= 15 is 0 Å². The Kier molecular flexibility index (Phi) is 9.71. The van der Waals surface area contributed by atoms with Gasteiger partial charge in [-0.1, -0.05) is 65.7 Å². The number of halogens is 2. The fourth-order valence-electron chi connectivity index (χ4n) is 6.46. The highest BCUT2D eigenvalue weighted by Gasteiger charge is 2.22. The summed E-state index contributed by atoms with van der Waals surface area (Å²) >= 11 is 14.2. The molecule has 2 aromatic carbocycles. The summed E-state index contributed by atoms with van der Waals surface area (Å²) in [4.78, 5) is 31.9. The molecule has 2 aliphatic rings. The molecule has 5 aromatic rings. The highest BCUT2D eigenvalue weighted by Crippen LogP contribution is 2.42. The molecule has 0 saturated carbocycles. The van der Waals surface area contributed by atoms with Crippen molar-refractivity contribution in [3.8, 4) is 39.4 Å². The molecule has 49 heavy (non-hydrogen) atoms. The van der Waals surface area contributed by atoms with Crippen LogP contribution in [0.5, 0.6) is 5.88 Å². The topological polar surface area (TPSA) is 115 Å². The van der Waals surface area contributed by atoms with E-state index in [0.717, 1.165) is 52.9 Å². The van der Waals surface area contributed by atoms with Gasteiger partial charge in [0.25, 0.3) is 5.56 Å². The van der Waals surface area contributed by atoms with Crippen molar-refractivity contribution >= 4 is 34.6 Å². The van der Waals surface area contributed by atoms with Crippen molar-refractivity contribution in [3.05, 3.63) is 92.6 Å². The van der Waals surface area contributed by atoms with Crippen molar-refractivity contribution < 1.29 is 14.3 Å². The lowest BCUT2D eigenvalue weighted by molar-refractivity contribution is -0.119. The minimum atomic E-state index is -0.125. The first-order valence-corrected chi connectivity index (χ1v) is 17.1. The number of benzene rings is 2. The van der Waals surface area contributed by atoms with E-state index in [0.29, 0.717) is 72.2 Å². The molecule has 2 fully saturated rings. The molecule has 2 aliphatic heterocycles. The molecule has 254 valence electrons. The third-order valence-corrected chi connectivity index (χ3v) is 10.0. The summed E-state index contributed by atoms with van der Waals surface area (Å²) in [6.07, 6.45) is 3.25. The lowest BCUT2D eigenvalue weighted by Gasteiger charge is -2.26. The van der Waals surface area contributed by atoms with Gasteiger partial charge in [0.2, 0.25) is 11.8 Å². The third-order valence-electron chi connectivity index (χ3n) is 9.20. The molecule has 2 saturated heterocycles. The van der Waals surface area contributed by atoms with E-state index in [1.165, 1.54) is 0 Å². The second kappa shape index (κ2) is 14.3. The van der Waals surface area contributed by atoms with Crippen LogP contribution in [0.3, 0.4) is 0 Å². The summed E-state index contributed by atoms with van der Waals surface area (Å²) in [7, 11) is 3.35. The molecule has 2 N–H and O–H groups in total. The first-order valence-electron chi connectivity index (χ1n) is 16.3. The molecular formula is C36H37Cl2N7O4. The molecule has 0 bridgehead atoms. The van der Waals surface area contributed by atoms with Crippen LogP contribution in [0.1, 0.15) is 24.2 Å². The number of methoxy groups -OCH3 is 1. The first kappa shape index (κ1) is 33.2. The number of carbonyl (C=O) groups is 1. The zero-order valence-corrected chi connectivity index (χ0v) is 28.9. The van der Waals surface area contributed by atoms with E-state index < -0.39 is 0 Å². The standard InChI is InChI=1S/C36H37Cl2N7O4/c1-43-31(21-44-13-15-49-16-14-44)42-45-20-23(17-30(45)36(43)47)25-5-3-6-26(33(25)37)27-7-4-8-28(34(27)38)29-11-9-22(35(41-29)48-2)18-39-19-24-10-12-32(46)40-24/h3-9,11,17,20,24,39H,10,12-16,18-19,21H2,1-2H3,(H,40,46)/t24-/m0/s1. The van der Waals surface area contributed by atoms with Gasteiger partial charge in [-0.2, -0.15) is 5.10 Å². The van der Waals surface area contributed by atoms with Gasteiger partial charge in [-0.15, -0.1) is 0 Å². The summed E-state index contributed by atoms with van der Waals surface area (Å²) in [5.41, 5.74) is 5.68. The summed E-state index contributed by atoms with van der Waals surface area (Å²) in [5, 5.41) is 12.2. The normalized spacial score (nSPS) is 16.7. The molecule has 7 rings (SSSR count). The Morgan fingerprint density at radius 3 is 2.43 bits per heavy atom. The number of fused-ring (bicyclic) bond motifs is 1. The molecular weight excluding hydrogens is 665 g/mol. The Morgan fingerprint density at radius 1 is 1.00 bits per heavy atom. The molecule has 0 spiro atoms. The number of ether oxygens (including phenoxy) is 2. The van der Waals surface area contributed by atoms with E-state index in [2.05, 4.69) is 15.5 Å². The number of aromatic nitrogens is 4. The maximum Gasteiger partial charge on any atom is 0.277 e. The van der Waals surface area contributed by atoms with Gasteiger partial charge < -0.3 is 20.1 Å². The lowest BCUT2D eigenvalue weighted by atomic mass is 9.97. The predicted molar refractivity (Wildman–Crippen MR) is 190 cm³/mol. The summed E-state index contributed by atoms with van der Waals surface area (Å²) in [5.74, 6) is 1.27. The van der Waals surface area contributed by atoms with Gasteiger partial charge in [0.05, 0.1) is 42.6 Å². The molecule has 5 heterocycles. The van der Waals surface area contributed by atoms with Crippen molar-refractivity contribution in [2.75, 3.05) is 40.0 Å². The number of nitrogens with zero attached hydrogens (tertiary/aromatic N) is 5. The SMILES string of the molecule is COc1nc(-c2cccc(-c3cccc(-c4cc5c(=O)n(C)c(CN6CCOCC6)nn5c4)c3Cl)c2Cl)ccc1CNC[C@@H]1CCC(=O)N1. The van der Waals surface area contributed by atoms with Gasteiger partial charge in [-0.3, -0.25) is 19.1 Å². The van der Waals surface area contributed by atoms with E-state index in [9.17, 15) is 9.59 Å². The highest BCUT2D eigenvalue weighted by molar-refractivity contribution is 6.39. The van der Waals surface area contributed by atoms with Crippen LogP contribution >= 0.6 is 23.2 Å². The predicted octanol–water partition coefficient (Wildman–Crippen LogP) is 4.94. The number of hydrogen-bond acceptors (Lipinski definition) is 8. The largest absolute Gasteiger partial charge is 0.481 e. The Balaban J connectivity index is 1.16. The van der Waals surface area contributed by atoms with Crippen LogP contribution < -0.4 is 20.9 Å². The number of morpholine rings is 1. The fraction of sp³-hybridized carbons (Fsp3) is 0.333. The van der Waals surface area contributed by atoms with Crippen molar-refractivity contribution in [3.63, 3.8) is 0 Å². The minimum absolute atomic E-state index is 0.0965. The minimum Gasteiger partial charge on any atom is -0.481 e. The van der Waals surface area contributed by atoms with E-state index in [1.54, 1.807) is 23.2 Å². The van der Waals surface area contributed by atoms with E-state index in [-0.39, 0.29) is 17.5 Å². The average Bonchev–Trinajstić information content (AvgIpc) is 3.74. The molecule has 1 amide bonds. The van der Waals surface area contributed by atoms with Crippen LogP contribution in [0, 0.1) is 0 Å². The Hall–Kier alpha value is -4.26. The fourth-order valence-corrected chi connectivity index (χ4v) is 7.12. The smallest absolute Gasteiger partial charge is 0.277 e. The second-order valence-corrected chi connectivity index (χ2v) is 13.1. The Labute approximate surface area is 293 Å². The number of carbonyl (C=O) groups excluding carboxylic acids is 1. The van der Waals surface area contributed by atoms with Crippen LogP contribution in [-0.4, -0.2) is 76.0 Å². The molecule has 3 aromatic heterocycles. The number of pyridine rings is 1. The molecule has 0 aliphatic carbocycles. The van der Waals surface area contributed by atoms with Crippen LogP contribution in [0.25, 0.3) is 39.0 Å². The first-order chi connectivity index (χ1) is 23.8. The second-order valence-electron chi connectivity index (χ2n) is 12.4. The highest BCUT2D eigenvalue weighted by atomic mass is 35.5. The average molecular weight is 703 g/mol. The van der Waals surface area contributed by atoms with Gasteiger partial charge in [0, 0.05) is 85.3 Å². The van der Waals surface area contributed by atoms with Crippen LogP contribution in [-0.2, 0) is 29.7 Å². The summed E-state index contributed by atoms with van der Waals surface area (Å²) in [6, 6.07) is 17.4. The van der Waals surface area contributed by atoms with Gasteiger partial charge in [0.15, 0.2) is 0 Å². The van der Waals surface area contributed by atoms with E-state index in [4.69, 9.17) is 42.8 Å². The molecule has 0 unspecified atom stereocenters. The van der Waals surface area contributed by atoms with Gasteiger partial charge in [-0.05, 0) is 18.6 Å². The van der Waals surface area contributed by atoms with Gasteiger partial charge >= 0.3 is 0 Å². The van der Waals surface area contributed by atoms with Gasteiger partial charge in [-0.25, -0.2) is 9.50 Å². The number of amides is 1. The molecule has 0 radical (unpaired) electrons.